The molecule has 5 nitrogen and oxygen atoms in total. The van der Waals surface area contributed by atoms with Crippen LogP contribution in [0.3, 0.4) is 0 Å². The minimum absolute atomic E-state index is 0.100. The van der Waals surface area contributed by atoms with Gasteiger partial charge in [0, 0.05) is 18.7 Å². The SMILES string of the molecule is C[C@@H]1CCCN(C(=O)CSc2nnc(-c3ccc(F)cc3)o2)C1. The third kappa shape index (κ3) is 4.10. The lowest BCUT2D eigenvalue weighted by molar-refractivity contribution is -0.130. The minimum atomic E-state index is -0.316. The van der Waals surface area contributed by atoms with Crippen molar-refractivity contribution in [2.45, 2.75) is 25.0 Å². The van der Waals surface area contributed by atoms with E-state index in [1.165, 1.54) is 30.3 Å². The van der Waals surface area contributed by atoms with E-state index >= 15 is 0 Å². The Labute approximate surface area is 138 Å². The Morgan fingerprint density at radius 2 is 2.17 bits per heavy atom. The van der Waals surface area contributed by atoms with E-state index in [0.29, 0.717) is 22.6 Å². The number of rotatable bonds is 4. The van der Waals surface area contributed by atoms with Crippen molar-refractivity contribution in [2.75, 3.05) is 18.8 Å². The van der Waals surface area contributed by atoms with E-state index < -0.39 is 0 Å². The first-order chi connectivity index (χ1) is 11.1. The molecule has 2 aromatic rings. The molecule has 0 aliphatic carbocycles. The number of carbonyl (C=O) groups excluding carboxylic acids is 1. The number of aromatic nitrogens is 2. The minimum Gasteiger partial charge on any atom is -0.411 e. The second kappa shape index (κ2) is 7.12. The zero-order valence-electron chi connectivity index (χ0n) is 12.9. The second-order valence-electron chi connectivity index (χ2n) is 5.76. The van der Waals surface area contributed by atoms with E-state index in [2.05, 4.69) is 17.1 Å². The molecular formula is C16H18FN3O2S. The number of carbonyl (C=O) groups is 1. The van der Waals surface area contributed by atoms with Gasteiger partial charge in [-0.05, 0) is 43.0 Å². The van der Waals surface area contributed by atoms with Gasteiger partial charge in [0.15, 0.2) is 0 Å². The lowest BCUT2D eigenvalue weighted by Crippen LogP contribution is -2.40. The van der Waals surface area contributed by atoms with Crippen molar-refractivity contribution in [1.82, 2.24) is 15.1 Å². The van der Waals surface area contributed by atoms with Crippen LogP contribution < -0.4 is 0 Å². The molecule has 1 atom stereocenters. The van der Waals surface area contributed by atoms with Crippen molar-refractivity contribution >= 4 is 17.7 Å². The van der Waals surface area contributed by atoms with Gasteiger partial charge in [-0.1, -0.05) is 18.7 Å². The Hall–Kier alpha value is -1.89. The average Bonchev–Trinajstić information content (AvgIpc) is 3.02. The Kier molecular flexibility index (Phi) is 4.95. The molecule has 0 unspecified atom stereocenters. The first-order valence-corrected chi connectivity index (χ1v) is 8.60. The van der Waals surface area contributed by atoms with Crippen molar-refractivity contribution in [3.63, 3.8) is 0 Å². The lowest BCUT2D eigenvalue weighted by atomic mass is 10.0. The number of likely N-dealkylation sites (tertiary alicyclic amines) is 1. The van der Waals surface area contributed by atoms with E-state index in [4.69, 9.17) is 4.42 Å². The van der Waals surface area contributed by atoms with Crippen LogP contribution in [0.5, 0.6) is 0 Å². The molecule has 1 aliphatic rings. The van der Waals surface area contributed by atoms with Gasteiger partial charge in [-0.15, -0.1) is 10.2 Å². The fraction of sp³-hybridized carbons (Fsp3) is 0.438. The molecule has 3 rings (SSSR count). The highest BCUT2D eigenvalue weighted by molar-refractivity contribution is 7.99. The van der Waals surface area contributed by atoms with Crippen LogP contribution in [0.1, 0.15) is 19.8 Å². The number of hydrogen-bond acceptors (Lipinski definition) is 5. The summed E-state index contributed by atoms with van der Waals surface area (Å²) in [6.07, 6.45) is 2.24. The molecule has 0 saturated carbocycles. The molecule has 1 aromatic carbocycles. The van der Waals surface area contributed by atoms with Gasteiger partial charge >= 0.3 is 0 Å². The zero-order chi connectivity index (χ0) is 16.2. The van der Waals surface area contributed by atoms with Gasteiger partial charge in [0.2, 0.25) is 11.8 Å². The molecule has 1 saturated heterocycles. The summed E-state index contributed by atoms with van der Waals surface area (Å²) >= 11 is 1.24. The predicted octanol–water partition coefficient (Wildman–Crippen LogP) is 3.23. The van der Waals surface area contributed by atoms with Crippen LogP contribution in [-0.2, 0) is 4.79 Å². The molecule has 1 aliphatic heterocycles. The maximum Gasteiger partial charge on any atom is 0.277 e. The average molecular weight is 335 g/mol. The van der Waals surface area contributed by atoms with Crippen molar-refractivity contribution in [3.8, 4) is 11.5 Å². The van der Waals surface area contributed by atoms with E-state index in [0.717, 1.165) is 19.5 Å². The van der Waals surface area contributed by atoms with E-state index in [9.17, 15) is 9.18 Å². The highest BCUT2D eigenvalue weighted by atomic mass is 32.2. The van der Waals surface area contributed by atoms with Crippen molar-refractivity contribution < 1.29 is 13.6 Å². The lowest BCUT2D eigenvalue weighted by Gasteiger charge is -2.30. The van der Waals surface area contributed by atoms with Gasteiger partial charge in [-0.25, -0.2) is 4.39 Å². The number of halogens is 1. The third-order valence-electron chi connectivity index (χ3n) is 3.83. The number of hydrogen-bond donors (Lipinski definition) is 0. The van der Waals surface area contributed by atoms with Crippen molar-refractivity contribution in [3.05, 3.63) is 30.1 Å². The van der Waals surface area contributed by atoms with Gasteiger partial charge < -0.3 is 9.32 Å². The summed E-state index contributed by atoms with van der Waals surface area (Å²) in [6.45, 7) is 3.82. The maximum absolute atomic E-state index is 12.9. The van der Waals surface area contributed by atoms with Gasteiger partial charge in [0.1, 0.15) is 5.82 Å². The molecule has 1 fully saturated rings. The molecule has 23 heavy (non-hydrogen) atoms. The molecule has 0 radical (unpaired) electrons. The number of thioether (sulfide) groups is 1. The normalized spacial score (nSPS) is 18.2. The summed E-state index contributed by atoms with van der Waals surface area (Å²) in [5, 5.41) is 8.21. The summed E-state index contributed by atoms with van der Waals surface area (Å²) in [5.74, 6) is 0.961. The van der Waals surface area contributed by atoms with Crippen LogP contribution in [0.4, 0.5) is 4.39 Å². The monoisotopic (exact) mass is 335 g/mol. The Morgan fingerprint density at radius 3 is 2.91 bits per heavy atom. The number of piperidine rings is 1. The van der Waals surface area contributed by atoms with Gasteiger partial charge in [0.25, 0.3) is 5.22 Å². The van der Waals surface area contributed by atoms with E-state index in [1.54, 1.807) is 12.1 Å². The molecule has 2 heterocycles. The molecule has 122 valence electrons. The van der Waals surface area contributed by atoms with Crippen LogP contribution in [-0.4, -0.2) is 39.8 Å². The van der Waals surface area contributed by atoms with E-state index in [-0.39, 0.29) is 17.5 Å². The molecule has 7 heteroatoms. The predicted molar refractivity (Wildman–Crippen MR) is 85.4 cm³/mol. The standard InChI is InChI=1S/C16H18FN3O2S/c1-11-3-2-8-20(9-11)14(21)10-23-16-19-18-15(22-16)12-4-6-13(17)7-5-12/h4-7,11H,2-3,8-10H2,1H3/t11-/m1/s1. The van der Waals surface area contributed by atoms with Gasteiger partial charge in [-0.3, -0.25) is 4.79 Å². The van der Waals surface area contributed by atoms with Crippen LogP contribution >= 0.6 is 11.8 Å². The molecule has 0 spiro atoms. The molecule has 0 N–H and O–H groups in total. The third-order valence-corrected chi connectivity index (χ3v) is 4.63. The summed E-state index contributed by atoms with van der Waals surface area (Å²) < 4.78 is 18.4. The first kappa shape index (κ1) is 16.0. The number of nitrogens with zero attached hydrogens (tertiary/aromatic N) is 3. The second-order valence-corrected chi connectivity index (χ2v) is 6.68. The summed E-state index contributed by atoms with van der Waals surface area (Å²) in [7, 11) is 0. The van der Waals surface area contributed by atoms with Crippen molar-refractivity contribution in [2.24, 2.45) is 5.92 Å². The smallest absolute Gasteiger partial charge is 0.277 e. The van der Waals surface area contributed by atoms with Crippen LogP contribution in [0, 0.1) is 11.7 Å². The first-order valence-electron chi connectivity index (χ1n) is 7.62. The zero-order valence-corrected chi connectivity index (χ0v) is 13.7. The summed E-state index contributed by atoms with van der Waals surface area (Å²) in [4.78, 5) is 14.1. The highest BCUT2D eigenvalue weighted by Crippen LogP contribution is 2.24. The van der Waals surface area contributed by atoms with Gasteiger partial charge in [-0.2, -0.15) is 0 Å². The van der Waals surface area contributed by atoms with Crippen LogP contribution in [0.2, 0.25) is 0 Å². The Balaban J connectivity index is 1.56. The molecule has 1 amide bonds. The van der Waals surface area contributed by atoms with Crippen molar-refractivity contribution in [1.29, 1.82) is 0 Å². The maximum atomic E-state index is 12.9. The molecule has 0 bridgehead atoms. The Bertz CT molecular complexity index is 674. The van der Waals surface area contributed by atoms with Crippen LogP contribution in [0.15, 0.2) is 33.9 Å². The van der Waals surface area contributed by atoms with Gasteiger partial charge in [0.05, 0.1) is 5.75 Å². The summed E-state index contributed by atoms with van der Waals surface area (Å²) in [5.41, 5.74) is 0.655. The topological polar surface area (TPSA) is 59.2 Å². The summed E-state index contributed by atoms with van der Waals surface area (Å²) in [6, 6.07) is 5.84. The number of amides is 1. The molecule has 1 aromatic heterocycles. The quantitative estimate of drug-likeness (QED) is 0.803. The highest BCUT2D eigenvalue weighted by Gasteiger charge is 2.21. The fourth-order valence-electron chi connectivity index (χ4n) is 2.61. The number of benzene rings is 1. The Morgan fingerprint density at radius 1 is 1.39 bits per heavy atom. The van der Waals surface area contributed by atoms with Crippen LogP contribution in [0.25, 0.3) is 11.5 Å². The fourth-order valence-corrected chi connectivity index (χ4v) is 3.27. The molecular weight excluding hydrogens is 317 g/mol. The van der Waals surface area contributed by atoms with E-state index in [1.807, 2.05) is 4.90 Å². The largest absolute Gasteiger partial charge is 0.411 e.